The maximum Gasteiger partial charge on any atom is 0.305 e. The fourth-order valence-corrected chi connectivity index (χ4v) is 7.26. The van der Waals surface area contributed by atoms with Gasteiger partial charge in [0.1, 0.15) is 35.9 Å². The minimum absolute atomic E-state index is 0.0333. The highest BCUT2D eigenvalue weighted by Crippen LogP contribution is 2.29. The number of carboxylic acid groups (broad SMARTS) is 1. The number of hydrogen-bond donors (Lipinski definition) is 13. The van der Waals surface area contributed by atoms with Crippen molar-refractivity contribution in [3.63, 3.8) is 0 Å². The molecule has 402 valence electrons. The van der Waals surface area contributed by atoms with Crippen LogP contribution in [0, 0.1) is 26.1 Å². The van der Waals surface area contributed by atoms with Crippen molar-refractivity contribution in [2.45, 2.75) is 114 Å². The zero-order valence-electron chi connectivity index (χ0n) is 40.6. The van der Waals surface area contributed by atoms with Crippen LogP contribution in [0.1, 0.15) is 77.2 Å². The van der Waals surface area contributed by atoms with Gasteiger partial charge in [-0.25, -0.2) is 0 Å². The first-order chi connectivity index (χ1) is 35.0. The summed E-state index contributed by atoms with van der Waals surface area (Å²) >= 11 is 0. The van der Waals surface area contributed by atoms with Crippen LogP contribution in [0.3, 0.4) is 0 Å². The van der Waals surface area contributed by atoms with Gasteiger partial charge in [0.25, 0.3) is 5.69 Å². The van der Waals surface area contributed by atoms with E-state index in [1.807, 2.05) is 0 Å². The van der Waals surface area contributed by atoms with E-state index >= 15 is 0 Å². The molecule has 3 rings (SSSR count). The maximum absolute atomic E-state index is 14.4. The molecule has 0 radical (unpaired) electrons. The summed E-state index contributed by atoms with van der Waals surface area (Å²) in [5.41, 5.74) is 24.4. The van der Waals surface area contributed by atoms with Crippen LogP contribution in [0.5, 0.6) is 0 Å². The first-order valence-electron chi connectivity index (χ1n) is 23.3. The Morgan fingerprint density at radius 3 is 1.93 bits per heavy atom. The van der Waals surface area contributed by atoms with E-state index in [1.54, 1.807) is 44.3 Å². The molecule has 2 aromatic carbocycles. The van der Waals surface area contributed by atoms with Gasteiger partial charge in [-0.05, 0) is 75.1 Å². The summed E-state index contributed by atoms with van der Waals surface area (Å²) in [6.07, 6.45) is 1.30. The van der Waals surface area contributed by atoms with Crippen LogP contribution in [0.4, 0.5) is 17.1 Å². The molecule has 1 heterocycles. The first kappa shape index (κ1) is 59.7. The molecule has 29 heteroatoms. The van der Waals surface area contributed by atoms with Crippen molar-refractivity contribution in [3.8, 4) is 0 Å². The lowest BCUT2D eigenvalue weighted by Crippen LogP contribution is -2.60. The van der Waals surface area contributed by atoms with Crippen LogP contribution in [0.2, 0.25) is 0 Å². The Morgan fingerprint density at radius 2 is 1.34 bits per heavy atom. The Morgan fingerprint density at radius 1 is 0.743 bits per heavy atom. The summed E-state index contributed by atoms with van der Waals surface area (Å²) in [6, 6.07) is 1.13. The quantitative estimate of drug-likeness (QED) is 0.0145. The number of aromatic amines is 1. The fourth-order valence-electron chi connectivity index (χ4n) is 7.26. The van der Waals surface area contributed by atoms with E-state index < -0.39 is 137 Å². The predicted molar refractivity (Wildman–Crippen MR) is 266 cm³/mol. The number of nitrogens with zero attached hydrogens (tertiary/aromatic N) is 3. The molecule has 0 saturated heterocycles. The Balaban J connectivity index is 1.93. The minimum Gasteiger partial charge on any atom is -0.481 e. The van der Waals surface area contributed by atoms with E-state index in [9.17, 15) is 68.5 Å². The van der Waals surface area contributed by atoms with Crippen LogP contribution >= 0.6 is 0 Å². The van der Waals surface area contributed by atoms with Crippen molar-refractivity contribution in [2.24, 2.45) is 34.0 Å². The average Bonchev–Trinajstić information content (AvgIpc) is 3.74. The van der Waals surface area contributed by atoms with Gasteiger partial charge in [0.15, 0.2) is 0 Å². The van der Waals surface area contributed by atoms with Gasteiger partial charge in [0.05, 0.1) is 34.9 Å². The highest BCUT2D eigenvalue weighted by Gasteiger charge is 2.34. The zero-order valence-corrected chi connectivity index (χ0v) is 40.6. The molecule has 8 amide bonds. The van der Waals surface area contributed by atoms with Gasteiger partial charge in [0, 0.05) is 42.2 Å². The van der Waals surface area contributed by atoms with Crippen molar-refractivity contribution < 1.29 is 58.1 Å². The summed E-state index contributed by atoms with van der Waals surface area (Å²) < 4.78 is 0. The number of benzene rings is 2. The largest absolute Gasteiger partial charge is 0.481 e. The molecular weight excluding hydrogens is 975 g/mol. The second-order valence-electron chi connectivity index (χ2n) is 17.4. The number of carboxylic acids is 1. The lowest BCUT2D eigenvalue weighted by Gasteiger charge is -2.28. The molecule has 29 nitrogen and oxygen atoms in total. The number of unbranched alkanes of at least 4 members (excludes halogenated alkanes) is 1. The number of non-ortho nitro benzene ring substituents is 1. The van der Waals surface area contributed by atoms with Crippen molar-refractivity contribution in [1.29, 1.82) is 0 Å². The lowest BCUT2D eigenvalue weighted by atomic mass is 10.00. The van der Waals surface area contributed by atoms with Crippen molar-refractivity contribution in [3.05, 3.63) is 74.5 Å². The fraction of sp³-hybridized carbons (Fsp3) is 0.467. The summed E-state index contributed by atoms with van der Waals surface area (Å²) in [5.74, 6) is -8.87. The van der Waals surface area contributed by atoms with Gasteiger partial charge in [0.2, 0.25) is 47.3 Å². The molecule has 6 atom stereocenters. The van der Waals surface area contributed by atoms with E-state index in [1.165, 1.54) is 6.21 Å². The van der Waals surface area contributed by atoms with Crippen LogP contribution in [-0.2, 0) is 49.6 Å². The number of hydrogen-bond acceptors (Lipinski definition) is 17. The number of aliphatic carboxylic acids is 1. The van der Waals surface area contributed by atoms with Gasteiger partial charge >= 0.3 is 11.7 Å². The Bertz CT molecular complexity index is 2550. The molecular formula is C45H63N15O14. The molecule has 0 aliphatic carbocycles. The van der Waals surface area contributed by atoms with Crippen molar-refractivity contribution in [1.82, 2.24) is 36.9 Å². The number of hydrazone groups is 1. The average molecular weight is 1040 g/mol. The molecule has 0 spiro atoms. The van der Waals surface area contributed by atoms with Crippen LogP contribution in [0.25, 0.3) is 10.9 Å². The number of H-pyrrole nitrogens is 1. The second-order valence-corrected chi connectivity index (χ2v) is 17.4. The number of primary amides is 2. The van der Waals surface area contributed by atoms with E-state index in [0.29, 0.717) is 22.9 Å². The number of carbonyl (C=O) groups is 9. The number of fused-ring (bicyclic) bond motifs is 1. The molecule has 0 aliphatic rings. The number of anilines is 1. The third kappa shape index (κ3) is 19.9. The third-order valence-electron chi connectivity index (χ3n) is 11.0. The molecule has 0 saturated carbocycles. The third-order valence-corrected chi connectivity index (χ3v) is 11.0. The number of amides is 8. The SMILES string of the molecule is CC(C)C[C@H](NC(=O)[C@@H](N)CC(=O)O)C(=O)N[C@@H](Cc1c[nH]c2ccccc12)C(=O)N[C@@H](CCC(N)=O)C(=O)N[C@@H](CCCCN)C(=O)N[C@@H](CC/C=N/Nc1ccc([N+](=O)[O-])cc1[N+](=O)[O-])C(=O)NCC(N)=O. The highest BCUT2D eigenvalue weighted by molar-refractivity contribution is 5.98. The number of nitro benzene ring substituents is 2. The van der Waals surface area contributed by atoms with Gasteiger partial charge in [-0.15, -0.1) is 0 Å². The molecule has 1 aromatic heterocycles. The van der Waals surface area contributed by atoms with Gasteiger partial charge < -0.3 is 64.9 Å². The Kier molecular flexibility index (Phi) is 23.9. The van der Waals surface area contributed by atoms with Crippen LogP contribution in [0.15, 0.2) is 53.8 Å². The van der Waals surface area contributed by atoms with Crippen molar-refractivity contribution in [2.75, 3.05) is 18.5 Å². The predicted octanol–water partition coefficient (Wildman–Crippen LogP) is -1.33. The number of nitrogens with one attached hydrogen (secondary N) is 8. The molecule has 3 aromatic rings. The van der Waals surface area contributed by atoms with Gasteiger partial charge in [-0.3, -0.25) is 68.8 Å². The summed E-state index contributed by atoms with van der Waals surface area (Å²) in [5, 5.41) is 51.4. The van der Waals surface area contributed by atoms with E-state index in [4.69, 9.17) is 22.9 Å². The highest BCUT2D eigenvalue weighted by atomic mass is 16.6. The number of nitrogens with two attached hydrogens (primary N) is 4. The molecule has 17 N–H and O–H groups in total. The number of para-hydroxylation sites is 1. The van der Waals surface area contributed by atoms with Gasteiger partial charge in [-0.2, -0.15) is 5.10 Å². The lowest BCUT2D eigenvalue weighted by molar-refractivity contribution is -0.393. The molecule has 74 heavy (non-hydrogen) atoms. The Hall–Kier alpha value is -8.60. The molecule has 0 unspecified atom stereocenters. The summed E-state index contributed by atoms with van der Waals surface area (Å²) in [4.78, 5) is 142. The number of nitro groups is 2. The van der Waals surface area contributed by atoms with Crippen molar-refractivity contribution >= 4 is 87.4 Å². The van der Waals surface area contributed by atoms with E-state index in [0.717, 1.165) is 18.2 Å². The minimum atomic E-state index is -1.59. The molecule has 0 bridgehead atoms. The van der Waals surface area contributed by atoms with Crippen LogP contribution < -0.4 is 60.3 Å². The second kappa shape index (κ2) is 29.7. The van der Waals surface area contributed by atoms with E-state index in [2.05, 4.69) is 47.4 Å². The Labute approximate surface area is 422 Å². The zero-order chi connectivity index (χ0) is 55.1. The van der Waals surface area contributed by atoms with Crippen LogP contribution in [-0.4, -0.2) is 129 Å². The summed E-state index contributed by atoms with van der Waals surface area (Å²) in [6.45, 7) is 3.07. The standard InChI is InChI=1S/C45H63N15O14/c1-24(2)18-34(56-40(65)28(47)21-39(63)64)44(69)57-35(19-25-22-50-29-9-4-3-8-27(25)29)45(70)55-33(14-15-37(48)61)43(68)54-32(10-5-6-16-46)42(67)53-31(41(66)51-23-38(49)62)11-7-17-52-58-30-13-12-26(59(71)72)20-36(30)60(73)74/h3-4,8-9,12-13,17,20,22,24,28,31-35,50,58H,5-7,10-11,14-16,18-19,21,23,46-47H2,1-2H3,(H2,48,61)(H2,49,62)(H,51,66)(H,53,67)(H,54,68)(H,55,70)(H,56,65)(H,57,69)(H,63,64)/b52-17+/t28-,31-,32-,33-,34-,35-/m0/s1. The maximum atomic E-state index is 14.4. The number of carbonyl (C=O) groups excluding carboxylic acids is 8. The topological polar surface area (TPSA) is 477 Å². The molecule has 0 aliphatic heterocycles. The normalized spacial score (nSPS) is 13.6. The van der Waals surface area contributed by atoms with E-state index in [-0.39, 0.29) is 56.7 Å². The monoisotopic (exact) mass is 1040 g/mol. The van der Waals surface area contributed by atoms with Gasteiger partial charge in [-0.1, -0.05) is 32.0 Å². The summed E-state index contributed by atoms with van der Waals surface area (Å²) in [7, 11) is 0. The first-order valence-corrected chi connectivity index (χ1v) is 23.3. The number of aromatic nitrogens is 1. The molecule has 0 fully saturated rings. The smallest absolute Gasteiger partial charge is 0.305 e. The number of rotatable bonds is 33.